The number of nitrogens with zero attached hydrogens (tertiary/aromatic N) is 3. The number of sulfonamides is 1. The first kappa shape index (κ1) is 15.2. The predicted octanol–water partition coefficient (Wildman–Crippen LogP) is 2.39. The Kier molecular flexibility index (Phi) is 3.78. The summed E-state index contributed by atoms with van der Waals surface area (Å²) >= 11 is 0. The van der Waals surface area contributed by atoms with Crippen LogP contribution in [0.25, 0.3) is 0 Å². The van der Waals surface area contributed by atoms with Gasteiger partial charge in [-0.3, -0.25) is 4.68 Å². The van der Waals surface area contributed by atoms with Gasteiger partial charge in [0.2, 0.25) is 10.0 Å². The van der Waals surface area contributed by atoms with Crippen LogP contribution in [0.3, 0.4) is 0 Å². The van der Waals surface area contributed by atoms with Gasteiger partial charge in [-0.1, -0.05) is 6.07 Å². The normalized spacial score (nSPS) is 19.7. The van der Waals surface area contributed by atoms with Gasteiger partial charge < -0.3 is 0 Å². The summed E-state index contributed by atoms with van der Waals surface area (Å²) in [5.41, 5.74) is 1.64. The van der Waals surface area contributed by atoms with Gasteiger partial charge in [-0.2, -0.15) is 9.40 Å². The molecule has 0 amide bonds. The summed E-state index contributed by atoms with van der Waals surface area (Å²) in [4.78, 5) is 0.196. The molecular weight excluding hydrogens is 305 g/mol. The molecule has 22 heavy (non-hydrogen) atoms. The number of aromatic nitrogens is 2. The molecule has 1 aliphatic heterocycles. The molecular formula is C15H18FN3O2S. The van der Waals surface area contributed by atoms with E-state index in [2.05, 4.69) is 5.10 Å². The van der Waals surface area contributed by atoms with Gasteiger partial charge in [0.05, 0.1) is 12.2 Å². The van der Waals surface area contributed by atoms with Crippen molar-refractivity contribution in [1.82, 2.24) is 14.1 Å². The molecule has 5 nitrogen and oxygen atoms in total. The molecule has 1 saturated heterocycles. The topological polar surface area (TPSA) is 55.2 Å². The van der Waals surface area contributed by atoms with Crippen LogP contribution in [-0.4, -0.2) is 29.0 Å². The van der Waals surface area contributed by atoms with E-state index in [4.69, 9.17) is 0 Å². The Bertz CT molecular complexity index is 801. The van der Waals surface area contributed by atoms with Crippen LogP contribution in [0, 0.1) is 12.7 Å². The molecule has 118 valence electrons. The van der Waals surface area contributed by atoms with E-state index in [1.807, 2.05) is 6.92 Å². The van der Waals surface area contributed by atoms with Gasteiger partial charge in [-0.25, -0.2) is 12.8 Å². The fourth-order valence-corrected chi connectivity index (χ4v) is 4.68. The first-order chi connectivity index (χ1) is 10.4. The minimum Gasteiger partial charge on any atom is -0.274 e. The molecule has 0 aliphatic carbocycles. The van der Waals surface area contributed by atoms with E-state index >= 15 is 0 Å². The van der Waals surface area contributed by atoms with E-state index in [0.717, 1.165) is 24.0 Å². The summed E-state index contributed by atoms with van der Waals surface area (Å²) in [5.74, 6) is -0.305. The van der Waals surface area contributed by atoms with Crippen molar-refractivity contribution in [2.24, 2.45) is 7.05 Å². The molecule has 1 aromatic heterocycles. The molecule has 3 rings (SSSR count). The Morgan fingerprint density at radius 1 is 1.36 bits per heavy atom. The maximum absolute atomic E-state index is 13.3. The van der Waals surface area contributed by atoms with Crippen molar-refractivity contribution in [3.8, 4) is 0 Å². The molecule has 1 atom stereocenters. The summed E-state index contributed by atoms with van der Waals surface area (Å²) in [7, 11) is -1.90. The Balaban J connectivity index is 2.00. The minimum absolute atomic E-state index is 0.196. The number of rotatable bonds is 3. The fourth-order valence-electron chi connectivity index (χ4n) is 3.02. The zero-order valence-corrected chi connectivity index (χ0v) is 13.3. The molecule has 7 heteroatoms. The van der Waals surface area contributed by atoms with E-state index in [9.17, 15) is 12.8 Å². The standard InChI is InChI=1S/C15H18FN3O2S/c1-11-8-12(16)5-6-14(11)15-4-3-7-19(15)22(20,21)13-9-17-18(2)10-13/h5-6,8-10,15H,3-4,7H2,1-2H3. The summed E-state index contributed by atoms with van der Waals surface area (Å²) in [6.07, 6.45) is 4.40. The van der Waals surface area contributed by atoms with Gasteiger partial charge in [0, 0.05) is 19.8 Å². The smallest absolute Gasteiger partial charge is 0.246 e. The van der Waals surface area contributed by atoms with Gasteiger partial charge in [0.1, 0.15) is 10.7 Å². The van der Waals surface area contributed by atoms with Crippen molar-refractivity contribution in [2.75, 3.05) is 6.54 Å². The van der Waals surface area contributed by atoms with Gasteiger partial charge >= 0.3 is 0 Å². The van der Waals surface area contributed by atoms with E-state index in [0.29, 0.717) is 6.54 Å². The van der Waals surface area contributed by atoms with Crippen molar-refractivity contribution in [1.29, 1.82) is 0 Å². The summed E-state index contributed by atoms with van der Waals surface area (Å²) in [6, 6.07) is 4.27. The second-order valence-corrected chi connectivity index (χ2v) is 7.51. The second-order valence-electron chi connectivity index (χ2n) is 5.62. The Morgan fingerprint density at radius 2 is 2.14 bits per heavy atom. The highest BCUT2D eigenvalue weighted by atomic mass is 32.2. The Labute approximate surface area is 129 Å². The zero-order chi connectivity index (χ0) is 15.9. The fraction of sp³-hybridized carbons (Fsp3) is 0.400. The maximum Gasteiger partial charge on any atom is 0.246 e. The lowest BCUT2D eigenvalue weighted by Crippen LogP contribution is -2.30. The van der Waals surface area contributed by atoms with Gasteiger partial charge in [-0.15, -0.1) is 0 Å². The SMILES string of the molecule is Cc1cc(F)ccc1C1CCCN1S(=O)(=O)c1cnn(C)c1. The third-order valence-corrected chi connectivity index (χ3v) is 5.94. The lowest BCUT2D eigenvalue weighted by molar-refractivity contribution is 0.395. The minimum atomic E-state index is -3.59. The lowest BCUT2D eigenvalue weighted by Gasteiger charge is -2.25. The summed E-state index contributed by atoms with van der Waals surface area (Å²) < 4.78 is 41.9. The van der Waals surface area contributed by atoms with Crippen molar-refractivity contribution >= 4 is 10.0 Å². The quantitative estimate of drug-likeness (QED) is 0.871. The van der Waals surface area contributed by atoms with Gasteiger partial charge in [-0.05, 0) is 43.0 Å². The molecule has 1 aliphatic rings. The molecule has 0 saturated carbocycles. The molecule has 0 spiro atoms. The average molecular weight is 323 g/mol. The summed E-state index contributed by atoms with van der Waals surface area (Å²) in [5, 5.41) is 3.94. The molecule has 1 unspecified atom stereocenters. The molecule has 0 radical (unpaired) electrons. The lowest BCUT2D eigenvalue weighted by atomic mass is 10.00. The number of benzene rings is 1. The highest BCUT2D eigenvalue weighted by Crippen LogP contribution is 2.37. The molecule has 2 heterocycles. The van der Waals surface area contributed by atoms with Crippen LogP contribution >= 0.6 is 0 Å². The Morgan fingerprint density at radius 3 is 2.77 bits per heavy atom. The molecule has 1 fully saturated rings. The van der Waals surface area contributed by atoms with Gasteiger partial charge in [0.25, 0.3) is 0 Å². The van der Waals surface area contributed by atoms with Crippen LogP contribution < -0.4 is 0 Å². The number of halogens is 1. The van der Waals surface area contributed by atoms with E-state index in [-0.39, 0.29) is 16.8 Å². The summed E-state index contributed by atoms with van der Waals surface area (Å²) in [6.45, 7) is 2.28. The largest absolute Gasteiger partial charge is 0.274 e. The van der Waals surface area contributed by atoms with E-state index in [1.54, 1.807) is 13.1 Å². The number of aryl methyl sites for hydroxylation is 2. The third kappa shape index (κ3) is 2.55. The first-order valence-electron chi connectivity index (χ1n) is 7.16. The van der Waals surface area contributed by atoms with Crippen LogP contribution in [0.1, 0.15) is 30.0 Å². The number of hydrogen-bond donors (Lipinski definition) is 0. The van der Waals surface area contributed by atoms with Gasteiger partial charge in [0.15, 0.2) is 0 Å². The molecule has 1 aromatic carbocycles. The van der Waals surface area contributed by atoms with Crippen LogP contribution in [-0.2, 0) is 17.1 Å². The number of hydrogen-bond acceptors (Lipinski definition) is 3. The van der Waals surface area contributed by atoms with Crippen molar-refractivity contribution in [3.05, 3.63) is 47.5 Å². The predicted molar refractivity (Wildman–Crippen MR) is 80.2 cm³/mol. The van der Waals surface area contributed by atoms with Crippen LogP contribution in [0.2, 0.25) is 0 Å². The monoisotopic (exact) mass is 323 g/mol. The van der Waals surface area contributed by atoms with Crippen molar-refractivity contribution in [2.45, 2.75) is 30.7 Å². The zero-order valence-electron chi connectivity index (χ0n) is 12.5. The maximum atomic E-state index is 13.3. The Hall–Kier alpha value is -1.73. The third-order valence-electron chi connectivity index (χ3n) is 4.08. The molecule has 2 aromatic rings. The second kappa shape index (κ2) is 5.48. The van der Waals surface area contributed by atoms with E-state index in [1.165, 1.54) is 33.5 Å². The first-order valence-corrected chi connectivity index (χ1v) is 8.60. The van der Waals surface area contributed by atoms with Crippen LogP contribution in [0.5, 0.6) is 0 Å². The van der Waals surface area contributed by atoms with Crippen LogP contribution in [0.4, 0.5) is 4.39 Å². The van der Waals surface area contributed by atoms with Crippen LogP contribution in [0.15, 0.2) is 35.5 Å². The molecule has 0 bridgehead atoms. The highest BCUT2D eigenvalue weighted by molar-refractivity contribution is 7.89. The average Bonchev–Trinajstić information content (AvgIpc) is 3.08. The van der Waals surface area contributed by atoms with Crippen molar-refractivity contribution in [3.63, 3.8) is 0 Å². The highest BCUT2D eigenvalue weighted by Gasteiger charge is 2.37. The van der Waals surface area contributed by atoms with Crippen molar-refractivity contribution < 1.29 is 12.8 Å². The molecule has 0 N–H and O–H groups in total. The van der Waals surface area contributed by atoms with E-state index < -0.39 is 10.0 Å².